The van der Waals surface area contributed by atoms with Crippen LogP contribution in [0, 0.1) is 0 Å². The molecule has 2 rings (SSSR count). The van der Waals surface area contributed by atoms with E-state index in [9.17, 15) is 19.2 Å². The molecule has 0 bridgehead atoms. The second-order valence-electron chi connectivity index (χ2n) is 6.81. The molecule has 0 aromatic heterocycles. The zero-order valence-electron chi connectivity index (χ0n) is 18.1. The maximum Gasteiger partial charge on any atom is 0.344 e. The van der Waals surface area contributed by atoms with E-state index in [2.05, 4.69) is 0 Å². The third-order valence-electron chi connectivity index (χ3n) is 4.35. The van der Waals surface area contributed by atoms with Crippen molar-refractivity contribution in [2.45, 2.75) is 33.6 Å². The molecule has 1 saturated heterocycles. The number of hydrogen-bond donors (Lipinski definition) is 0. The number of benzene rings is 1. The summed E-state index contributed by atoms with van der Waals surface area (Å²) in [4.78, 5) is 51.8. The van der Waals surface area contributed by atoms with E-state index in [1.54, 1.807) is 42.2 Å². The van der Waals surface area contributed by atoms with Crippen molar-refractivity contribution in [3.8, 4) is 5.75 Å². The molecule has 1 heterocycles. The first-order valence-electron chi connectivity index (χ1n) is 10.3. The minimum atomic E-state index is -0.473. The standard InChI is InChI=1S/C22H28N2O6S/c1-4-11-23(12-5-2)19(25)14-24-21(27)18(31-22(24)28)13-16-7-9-17(10-8-16)30-15-20(26)29-6-3/h7-10,13H,4-6,11-12,14-15H2,1-3H3/b18-13-. The molecule has 1 fully saturated rings. The van der Waals surface area contributed by atoms with E-state index in [-0.39, 0.29) is 30.6 Å². The second kappa shape index (κ2) is 12.1. The lowest BCUT2D eigenvalue weighted by Crippen LogP contribution is -2.42. The topological polar surface area (TPSA) is 93.2 Å². The fourth-order valence-corrected chi connectivity index (χ4v) is 3.77. The number of ether oxygens (including phenoxy) is 2. The first kappa shape index (κ1) is 24.5. The maximum absolute atomic E-state index is 12.7. The fourth-order valence-electron chi connectivity index (χ4n) is 2.93. The van der Waals surface area contributed by atoms with Gasteiger partial charge in [0, 0.05) is 13.1 Å². The van der Waals surface area contributed by atoms with Gasteiger partial charge in [-0.15, -0.1) is 0 Å². The third kappa shape index (κ3) is 7.13. The van der Waals surface area contributed by atoms with Crippen LogP contribution in [0.15, 0.2) is 29.2 Å². The highest BCUT2D eigenvalue weighted by Crippen LogP contribution is 2.32. The van der Waals surface area contributed by atoms with Gasteiger partial charge in [-0.1, -0.05) is 26.0 Å². The van der Waals surface area contributed by atoms with Gasteiger partial charge in [0.1, 0.15) is 12.3 Å². The maximum atomic E-state index is 12.7. The van der Waals surface area contributed by atoms with E-state index < -0.39 is 17.1 Å². The third-order valence-corrected chi connectivity index (χ3v) is 5.25. The van der Waals surface area contributed by atoms with Gasteiger partial charge in [0.05, 0.1) is 11.5 Å². The molecule has 1 aromatic carbocycles. The minimum Gasteiger partial charge on any atom is -0.482 e. The summed E-state index contributed by atoms with van der Waals surface area (Å²) < 4.78 is 10.1. The Hall–Kier alpha value is -2.81. The zero-order chi connectivity index (χ0) is 22.8. The Bertz CT molecular complexity index is 831. The van der Waals surface area contributed by atoms with Gasteiger partial charge in [0.15, 0.2) is 6.61 Å². The highest BCUT2D eigenvalue weighted by atomic mass is 32.2. The molecular weight excluding hydrogens is 420 g/mol. The van der Waals surface area contributed by atoms with Crippen molar-refractivity contribution in [1.82, 2.24) is 9.80 Å². The van der Waals surface area contributed by atoms with Crippen LogP contribution in [0.3, 0.4) is 0 Å². The number of carbonyl (C=O) groups excluding carboxylic acids is 4. The Morgan fingerprint density at radius 2 is 1.71 bits per heavy atom. The van der Waals surface area contributed by atoms with Crippen LogP contribution in [-0.2, 0) is 19.1 Å². The SMILES string of the molecule is CCCN(CCC)C(=O)CN1C(=O)S/C(=C\c2ccc(OCC(=O)OCC)cc2)C1=O. The lowest BCUT2D eigenvalue weighted by atomic mass is 10.2. The Morgan fingerprint density at radius 1 is 1.06 bits per heavy atom. The van der Waals surface area contributed by atoms with E-state index in [1.807, 2.05) is 13.8 Å². The van der Waals surface area contributed by atoms with Gasteiger partial charge in [0.25, 0.3) is 11.1 Å². The van der Waals surface area contributed by atoms with Crippen LogP contribution >= 0.6 is 11.8 Å². The molecule has 168 valence electrons. The van der Waals surface area contributed by atoms with Crippen LogP contribution in [0.2, 0.25) is 0 Å². The molecule has 0 radical (unpaired) electrons. The van der Waals surface area contributed by atoms with Gasteiger partial charge in [-0.3, -0.25) is 19.3 Å². The summed E-state index contributed by atoms with van der Waals surface area (Å²) in [6, 6.07) is 6.74. The summed E-state index contributed by atoms with van der Waals surface area (Å²) in [5, 5.41) is -0.452. The molecule has 1 aliphatic rings. The van der Waals surface area contributed by atoms with Crippen molar-refractivity contribution >= 4 is 40.9 Å². The van der Waals surface area contributed by atoms with E-state index >= 15 is 0 Å². The molecule has 1 aliphatic heterocycles. The first-order valence-corrected chi connectivity index (χ1v) is 11.1. The van der Waals surface area contributed by atoms with E-state index in [1.165, 1.54) is 0 Å². The van der Waals surface area contributed by atoms with Crippen molar-refractivity contribution in [2.24, 2.45) is 0 Å². The predicted octanol–water partition coefficient (Wildman–Crippen LogP) is 3.31. The highest BCUT2D eigenvalue weighted by molar-refractivity contribution is 8.18. The average Bonchev–Trinajstić information content (AvgIpc) is 3.00. The minimum absolute atomic E-state index is 0.187. The lowest BCUT2D eigenvalue weighted by Gasteiger charge is -2.23. The van der Waals surface area contributed by atoms with Crippen LogP contribution in [-0.4, -0.2) is 65.7 Å². The quantitative estimate of drug-likeness (QED) is 0.379. The van der Waals surface area contributed by atoms with Gasteiger partial charge in [-0.25, -0.2) is 4.79 Å². The van der Waals surface area contributed by atoms with Crippen LogP contribution in [0.5, 0.6) is 5.75 Å². The number of esters is 1. The van der Waals surface area contributed by atoms with Gasteiger partial charge in [-0.05, 0) is 55.3 Å². The molecule has 0 atom stereocenters. The van der Waals surface area contributed by atoms with E-state index in [0.29, 0.717) is 24.4 Å². The second-order valence-corrected chi connectivity index (χ2v) is 7.80. The summed E-state index contributed by atoms with van der Waals surface area (Å²) >= 11 is 0.816. The molecule has 1 aromatic rings. The summed E-state index contributed by atoms with van der Waals surface area (Å²) in [6.07, 6.45) is 3.22. The van der Waals surface area contributed by atoms with Crippen molar-refractivity contribution in [3.05, 3.63) is 34.7 Å². The monoisotopic (exact) mass is 448 g/mol. The van der Waals surface area contributed by atoms with E-state index in [4.69, 9.17) is 9.47 Å². The fraction of sp³-hybridized carbons (Fsp3) is 0.455. The number of amides is 3. The Balaban J connectivity index is 2.01. The molecule has 0 spiro atoms. The Morgan fingerprint density at radius 3 is 2.29 bits per heavy atom. The van der Waals surface area contributed by atoms with Gasteiger partial charge in [0.2, 0.25) is 5.91 Å². The van der Waals surface area contributed by atoms with Crippen LogP contribution in [0.4, 0.5) is 4.79 Å². The Kier molecular flexibility index (Phi) is 9.58. The van der Waals surface area contributed by atoms with Gasteiger partial charge < -0.3 is 14.4 Å². The summed E-state index contributed by atoms with van der Waals surface area (Å²) in [7, 11) is 0. The summed E-state index contributed by atoms with van der Waals surface area (Å²) in [5.41, 5.74) is 0.693. The molecular formula is C22H28N2O6S. The van der Waals surface area contributed by atoms with Crippen molar-refractivity contribution in [1.29, 1.82) is 0 Å². The molecule has 0 N–H and O–H groups in total. The largest absolute Gasteiger partial charge is 0.482 e. The lowest BCUT2D eigenvalue weighted by molar-refractivity contribution is -0.145. The molecule has 3 amide bonds. The molecule has 31 heavy (non-hydrogen) atoms. The van der Waals surface area contributed by atoms with Crippen LogP contribution < -0.4 is 4.74 Å². The summed E-state index contributed by atoms with van der Waals surface area (Å²) in [6.45, 7) is 6.73. The molecule has 8 nitrogen and oxygen atoms in total. The highest BCUT2D eigenvalue weighted by Gasteiger charge is 2.37. The van der Waals surface area contributed by atoms with Crippen molar-refractivity contribution in [2.75, 3.05) is 32.8 Å². The normalized spacial score (nSPS) is 14.8. The summed E-state index contributed by atoms with van der Waals surface area (Å²) in [5.74, 6) is -0.670. The first-order chi connectivity index (χ1) is 14.9. The molecule has 0 unspecified atom stereocenters. The smallest absolute Gasteiger partial charge is 0.344 e. The van der Waals surface area contributed by atoms with Crippen molar-refractivity contribution in [3.63, 3.8) is 0 Å². The molecule has 0 aliphatic carbocycles. The van der Waals surface area contributed by atoms with Gasteiger partial charge >= 0.3 is 5.97 Å². The Labute approximate surface area is 186 Å². The number of rotatable bonds is 11. The van der Waals surface area contributed by atoms with Crippen LogP contribution in [0.1, 0.15) is 39.2 Å². The molecule has 9 heteroatoms. The number of thioether (sulfide) groups is 1. The predicted molar refractivity (Wildman–Crippen MR) is 118 cm³/mol. The average molecular weight is 449 g/mol. The zero-order valence-corrected chi connectivity index (χ0v) is 18.9. The molecule has 0 saturated carbocycles. The number of hydrogen-bond acceptors (Lipinski definition) is 7. The van der Waals surface area contributed by atoms with Gasteiger partial charge in [-0.2, -0.15) is 0 Å². The number of carbonyl (C=O) groups is 4. The van der Waals surface area contributed by atoms with E-state index in [0.717, 1.165) is 29.5 Å². The van der Waals surface area contributed by atoms with Crippen molar-refractivity contribution < 1.29 is 28.7 Å². The number of imide groups is 1. The van der Waals surface area contributed by atoms with Crippen LogP contribution in [0.25, 0.3) is 6.08 Å². The number of nitrogens with zero attached hydrogens (tertiary/aromatic N) is 2.